The van der Waals surface area contributed by atoms with Gasteiger partial charge >= 0.3 is 0 Å². The summed E-state index contributed by atoms with van der Waals surface area (Å²) < 4.78 is 5.91. The van der Waals surface area contributed by atoms with Crippen molar-refractivity contribution in [2.24, 2.45) is 5.10 Å². The number of anilines is 1. The van der Waals surface area contributed by atoms with Crippen LogP contribution in [0.1, 0.15) is 11.1 Å². The van der Waals surface area contributed by atoms with Crippen molar-refractivity contribution in [2.45, 2.75) is 6.61 Å². The molecule has 0 aliphatic heterocycles. The lowest BCUT2D eigenvalue weighted by molar-refractivity contribution is -0.119. The number of carbonyl (C=O) groups is 1. The molecule has 5 nitrogen and oxygen atoms in total. The van der Waals surface area contributed by atoms with E-state index < -0.39 is 0 Å². The van der Waals surface area contributed by atoms with Crippen LogP contribution >= 0.6 is 11.6 Å². The molecule has 0 saturated heterocycles. The minimum Gasteiger partial charge on any atom is -0.488 e. The third-order valence-electron chi connectivity index (χ3n) is 4.88. The maximum Gasteiger partial charge on any atom is 0.259 e. The summed E-state index contributed by atoms with van der Waals surface area (Å²) in [5.41, 5.74) is 5.10. The van der Waals surface area contributed by atoms with Crippen LogP contribution in [0, 0.1) is 0 Å². The Balaban J connectivity index is 1.33. The minimum atomic E-state index is -0.247. The van der Waals surface area contributed by atoms with Crippen molar-refractivity contribution in [3.05, 3.63) is 107 Å². The summed E-state index contributed by atoms with van der Waals surface area (Å²) in [5, 5.41) is 10.1. The van der Waals surface area contributed by atoms with Gasteiger partial charge in [0.15, 0.2) is 0 Å². The number of ether oxygens (including phenoxy) is 1. The highest BCUT2D eigenvalue weighted by molar-refractivity contribution is 6.31. The second-order valence-corrected chi connectivity index (χ2v) is 7.50. The molecule has 0 unspecified atom stereocenters. The summed E-state index contributed by atoms with van der Waals surface area (Å²) in [4.78, 5) is 12.2. The molecule has 0 aliphatic rings. The Morgan fingerprint density at radius 1 is 0.906 bits per heavy atom. The molecular weight excluding hydrogens is 422 g/mol. The molecule has 0 aromatic heterocycles. The van der Waals surface area contributed by atoms with Gasteiger partial charge in [0.1, 0.15) is 12.4 Å². The lowest BCUT2D eigenvalue weighted by Gasteiger charge is -2.10. The molecule has 0 spiro atoms. The van der Waals surface area contributed by atoms with Gasteiger partial charge in [-0.15, -0.1) is 0 Å². The van der Waals surface area contributed by atoms with Gasteiger partial charge in [0.2, 0.25) is 0 Å². The summed E-state index contributed by atoms with van der Waals surface area (Å²) in [5.74, 6) is 0.406. The summed E-state index contributed by atoms with van der Waals surface area (Å²) >= 11 is 6.20. The van der Waals surface area contributed by atoms with E-state index in [0.29, 0.717) is 17.4 Å². The van der Waals surface area contributed by atoms with Crippen LogP contribution in [0.15, 0.2) is 96.1 Å². The maximum absolute atomic E-state index is 12.2. The van der Waals surface area contributed by atoms with E-state index in [1.807, 2.05) is 91.0 Å². The summed E-state index contributed by atoms with van der Waals surface area (Å²) in [6.07, 6.45) is 1.57. The highest BCUT2D eigenvalue weighted by Crippen LogP contribution is 2.23. The fourth-order valence-electron chi connectivity index (χ4n) is 3.26. The van der Waals surface area contributed by atoms with E-state index in [4.69, 9.17) is 16.3 Å². The third-order valence-corrected chi connectivity index (χ3v) is 5.25. The number of fused-ring (bicyclic) bond motifs is 1. The van der Waals surface area contributed by atoms with E-state index in [1.165, 1.54) is 0 Å². The molecule has 32 heavy (non-hydrogen) atoms. The van der Waals surface area contributed by atoms with Gasteiger partial charge < -0.3 is 10.1 Å². The summed E-state index contributed by atoms with van der Waals surface area (Å²) in [6.45, 7) is 0.446. The van der Waals surface area contributed by atoms with Crippen LogP contribution in [0.2, 0.25) is 5.02 Å². The van der Waals surface area contributed by atoms with Gasteiger partial charge in [0.25, 0.3) is 5.91 Å². The smallest absolute Gasteiger partial charge is 0.259 e. The number of rotatable bonds is 8. The van der Waals surface area contributed by atoms with Crippen molar-refractivity contribution in [3.8, 4) is 5.75 Å². The molecule has 4 rings (SSSR count). The van der Waals surface area contributed by atoms with Gasteiger partial charge in [-0.3, -0.25) is 4.79 Å². The first-order chi connectivity index (χ1) is 15.7. The number of para-hydroxylation sites is 1. The van der Waals surface area contributed by atoms with E-state index >= 15 is 0 Å². The quantitative estimate of drug-likeness (QED) is 0.274. The molecule has 6 heteroatoms. The molecule has 0 radical (unpaired) electrons. The molecule has 0 atom stereocenters. The van der Waals surface area contributed by atoms with Crippen LogP contribution < -0.4 is 15.5 Å². The van der Waals surface area contributed by atoms with Crippen LogP contribution in [0.5, 0.6) is 5.75 Å². The van der Waals surface area contributed by atoms with Crippen molar-refractivity contribution in [1.29, 1.82) is 0 Å². The van der Waals surface area contributed by atoms with Crippen molar-refractivity contribution in [2.75, 3.05) is 11.9 Å². The Labute approximate surface area is 191 Å². The zero-order chi connectivity index (χ0) is 22.2. The normalized spacial score (nSPS) is 10.9. The van der Waals surface area contributed by atoms with E-state index in [0.717, 1.165) is 27.6 Å². The topological polar surface area (TPSA) is 62.7 Å². The van der Waals surface area contributed by atoms with Gasteiger partial charge in [-0.1, -0.05) is 78.3 Å². The van der Waals surface area contributed by atoms with Crippen molar-refractivity contribution < 1.29 is 9.53 Å². The third kappa shape index (κ3) is 5.45. The molecule has 0 heterocycles. The average molecular weight is 444 g/mol. The number of hydrogen-bond acceptors (Lipinski definition) is 4. The molecule has 0 fully saturated rings. The van der Waals surface area contributed by atoms with Gasteiger partial charge in [0, 0.05) is 27.2 Å². The van der Waals surface area contributed by atoms with E-state index in [9.17, 15) is 4.79 Å². The standard InChI is InChI=1S/C26H22ClN3O2/c27-23-13-5-2-10-21(23)18-32-25-15-6-3-9-20(25)16-29-30-26(31)17-28-24-14-7-11-19-8-1-4-12-22(19)24/h1-16,28H,17-18H2,(H,30,31)/b29-16-. The minimum absolute atomic E-state index is 0.107. The molecule has 0 aliphatic carbocycles. The SMILES string of the molecule is O=C(CNc1cccc2ccccc12)N/N=C\c1ccccc1OCc1ccccc1Cl. The second-order valence-electron chi connectivity index (χ2n) is 7.09. The van der Waals surface area contributed by atoms with E-state index in [2.05, 4.69) is 15.8 Å². The van der Waals surface area contributed by atoms with Crippen molar-refractivity contribution in [3.63, 3.8) is 0 Å². The van der Waals surface area contributed by atoms with Gasteiger partial charge in [0.05, 0.1) is 12.8 Å². The average Bonchev–Trinajstić information content (AvgIpc) is 2.83. The monoisotopic (exact) mass is 443 g/mol. The number of amides is 1. The zero-order valence-corrected chi connectivity index (χ0v) is 18.0. The van der Waals surface area contributed by atoms with Crippen LogP contribution in [-0.4, -0.2) is 18.7 Å². The first-order valence-corrected chi connectivity index (χ1v) is 10.6. The molecule has 4 aromatic carbocycles. The Hall–Kier alpha value is -3.83. The van der Waals surface area contributed by atoms with E-state index in [1.54, 1.807) is 6.21 Å². The second kappa shape index (κ2) is 10.5. The molecule has 160 valence electrons. The van der Waals surface area contributed by atoms with Crippen molar-refractivity contribution in [1.82, 2.24) is 5.43 Å². The lowest BCUT2D eigenvalue weighted by atomic mass is 10.1. The fraction of sp³-hybridized carbons (Fsp3) is 0.0769. The number of benzene rings is 4. The molecule has 0 bridgehead atoms. The molecular formula is C26H22ClN3O2. The maximum atomic E-state index is 12.2. The number of halogens is 1. The summed E-state index contributed by atoms with van der Waals surface area (Å²) in [6, 6.07) is 29.0. The van der Waals surface area contributed by atoms with Crippen LogP contribution in [0.3, 0.4) is 0 Å². The van der Waals surface area contributed by atoms with Gasteiger partial charge in [-0.25, -0.2) is 5.43 Å². The first-order valence-electron chi connectivity index (χ1n) is 10.2. The zero-order valence-electron chi connectivity index (χ0n) is 17.3. The Bertz CT molecular complexity index is 1250. The van der Waals surface area contributed by atoms with Crippen LogP contribution in [0.25, 0.3) is 10.8 Å². The largest absolute Gasteiger partial charge is 0.488 e. The van der Waals surface area contributed by atoms with Crippen LogP contribution in [-0.2, 0) is 11.4 Å². The number of carbonyl (C=O) groups excluding carboxylic acids is 1. The predicted octanol–water partition coefficient (Wildman–Crippen LogP) is 5.63. The Morgan fingerprint density at radius 3 is 2.56 bits per heavy atom. The Morgan fingerprint density at radius 2 is 1.66 bits per heavy atom. The first kappa shape index (κ1) is 21.4. The van der Waals surface area contributed by atoms with Crippen LogP contribution in [0.4, 0.5) is 5.69 Å². The van der Waals surface area contributed by atoms with Gasteiger partial charge in [-0.2, -0.15) is 5.10 Å². The van der Waals surface area contributed by atoms with E-state index in [-0.39, 0.29) is 12.5 Å². The fourth-order valence-corrected chi connectivity index (χ4v) is 3.45. The number of nitrogens with zero attached hydrogens (tertiary/aromatic N) is 1. The predicted molar refractivity (Wildman–Crippen MR) is 130 cm³/mol. The number of hydrogen-bond donors (Lipinski definition) is 2. The molecule has 2 N–H and O–H groups in total. The van der Waals surface area contributed by atoms with Crippen molar-refractivity contribution >= 4 is 40.2 Å². The number of hydrazone groups is 1. The molecule has 1 amide bonds. The highest BCUT2D eigenvalue weighted by Gasteiger charge is 2.05. The Kier molecular flexibility index (Phi) is 7.00. The number of nitrogens with one attached hydrogen (secondary N) is 2. The molecule has 4 aromatic rings. The van der Waals surface area contributed by atoms with Gasteiger partial charge in [-0.05, 0) is 29.7 Å². The molecule has 0 saturated carbocycles. The lowest BCUT2D eigenvalue weighted by Crippen LogP contribution is -2.26. The summed E-state index contributed by atoms with van der Waals surface area (Å²) in [7, 11) is 0. The highest BCUT2D eigenvalue weighted by atomic mass is 35.5.